The molecule has 0 radical (unpaired) electrons. The maximum Gasteiger partial charge on any atom is 0.160 e. The van der Waals surface area contributed by atoms with Gasteiger partial charge in [0, 0.05) is 6.42 Å². The third kappa shape index (κ3) is 5.50. The number of carbonyl (C=O) groups is 1. The second-order valence-electron chi connectivity index (χ2n) is 9.87. The Morgan fingerprint density at radius 3 is 1.19 bits per heavy atom. The number of hydrogen-bond acceptors (Lipinski definition) is 2. The van der Waals surface area contributed by atoms with E-state index in [0.29, 0.717) is 6.42 Å². The summed E-state index contributed by atoms with van der Waals surface area (Å²) in [6.45, 7) is 26.3. The standard InChI is InChI=1S/C25H56O2Si4/c1-12-22-25(23-24(11)26)27-31(28(13-2,14-3)15-4,29(16-5,17-6)18-7)30(19-8,20-9)21-10/h12,25H,1,13-23H2,2-11H3/t25-/m0/s1. The summed E-state index contributed by atoms with van der Waals surface area (Å²) in [7, 11) is -4.93. The predicted molar refractivity (Wildman–Crippen MR) is 152 cm³/mol. The SMILES string of the molecule is C=CC[C@@H](CC(C)=O)O[Si]([Si](CC)(CC)CC)([Si](CC)(CC)CC)[Si](CC)(CC)CC. The summed E-state index contributed by atoms with van der Waals surface area (Å²) in [4.78, 5) is 12.3. The molecule has 184 valence electrons. The lowest BCUT2D eigenvalue weighted by molar-refractivity contribution is -0.118. The highest BCUT2D eigenvalue weighted by Gasteiger charge is 2.72. The number of hydrogen-bond donors (Lipinski definition) is 0. The van der Waals surface area contributed by atoms with Gasteiger partial charge in [0.1, 0.15) is 5.78 Å². The van der Waals surface area contributed by atoms with Gasteiger partial charge in [0.25, 0.3) is 0 Å². The minimum Gasteiger partial charge on any atom is -0.422 e. The molecule has 0 aliphatic heterocycles. The molecule has 0 N–H and O–H groups in total. The van der Waals surface area contributed by atoms with Crippen molar-refractivity contribution < 1.29 is 9.22 Å². The predicted octanol–water partition coefficient (Wildman–Crippen LogP) is 8.63. The van der Waals surface area contributed by atoms with Crippen LogP contribution in [0.15, 0.2) is 12.7 Å². The Morgan fingerprint density at radius 2 is 1.00 bits per heavy atom. The third-order valence-corrected chi connectivity index (χ3v) is 79.7. The fourth-order valence-corrected chi connectivity index (χ4v) is 108. The number of Topliss-reactive ketones (excluding diaryl/α,β-unsaturated/α-hetero) is 1. The molecule has 1 atom stereocenters. The molecule has 0 aromatic rings. The first kappa shape index (κ1) is 31.2. The molecule has 0 saturated heterocycles. The zero-order chi connectivity index (χ0) is 24.3. The first-order valence-corrected chi connectivity index (χ1v) is 26.2. The molecule has 0 aliphatic carbocycles. The van der Waals surface area contributed by atoms with Crippen molar-refractivity contribution in [3.8, 4) is 0 Å². The highest BCUT2D eigenvalue weighted by Crippen LogP contribution is 2.52. The maximum atomic E-state index is 12.3. The van der Waals surface area contributed by atoms with Gasteiger partial charge in [-0.25, -0.2) is 0 Å². The van der Waals surface area contributed by atoms with E-state index in [1.54, 1.807) is 6.92 Å². The van der Waals surface area contributed by atoms with E-state index in [9.17, 15) is 4.79 Å². The van der Waals surface area contributed by atoms with Crippen molar-refractivity contribution in [1.29, 1.82) is 0 Å². The molecular weight excluding hydrogens is 445 g/mol. The van der Waals surface area contributed by atoms with E-state index in [1.165, 1.54) is 54.4 Å². The third-order valence-electron chi connectivity index (χ3n) is 9.62. The van der Waals surface area contributed by atoms with E-state index in [-0.39, 0.29) is 11.9 Å². The van der Waals surface area contributed by atoms with E-state index in [2.05, 4.69) is 68.9 Å². The van der Waals surface area contributed by atoms with Crippen LogP contribution in [0.4, 0.5) is 0 Å². The van der Waals surface area contributed by atoms with Gasteiger partial charge >= 0.3 is 0 Å². The van der Waals surface area contributed by atoms with Gasteiger partial charge in [-0.2, -0.15) is 0 Å². The van der Waals surface area contributed by atoms with Crippen LogP contribution >= 0.6 is 0 Å². The monoisotopic (exact) mass is 500 g/mol. The van der Waals surface area contributed by atoms with Crippen LogP contribution < -0.4 is 0 Å². The van der Waals surface area contributed by atoms with Crippen molar-refractivity contribution in [1.82, 2.24) is 0 Å². The van der Waals surface area contributed by atoms with Gasteiger partial charge in [0.2, 0.25) is 0 Å². The fourth-order valence-electron chi connectivity index (χ4n) is 7.48. The van der Waals surface area contributed by atoms with Crippen LogP contribution in [0.1, 0.15) is 82.1 Å². The smallest absolute Gasteiger partial charge is 0.160 e. The average Bonchev–Trinajstić information content (AvgIpc) is 2.78. The van der Waals surface area contributed by atoms with Gasteiger partial charge in [0.15, 0.2) is 6.87 Å². The van der Waals surface area contributed by atoms with Crippen LogP contribution in [0, 0.1) is 0 Å². The molecule has 6 heteroatoms. The molecule has 0 heterocycles. The maximum absolute atomic E-state index is 12.3. The zero-order valence-corrected chi connectivity index (χ0v) is 27.0. The highest BCUT2D eigenvalue weighted by molar-refractivity contribution is 7.88. The van der Waals surface area contributed by atoms with E-state index in [0.717, 1.165) is 6.42 Å². The Morgan fingerprint density at radius 1 is 0.710 bits per heavy atom. The van der Waals surface area contributed by atoms with Crippen molar-refractivity contribution >= 4 is 35.4 Å². The lowest BCUT2D eigenvalue weighted by Gasteiger charge is -2.65. The van der Waals surface area contributed by atoms with Crippen LogP contribution in [0.25, 0.3) is 0 Å². The Labute approximate surface area is 199 Å². The molecule has 0 fully saturated rings. The summed E-state index contributed by atoms with van der Waals surface area (Å²) in [6, 6.07) is 12.3. The molecule has 0 saturated carbocycles. The average molecular weight is 501 g/mol. The van der Waals surface area contributed by atoms with Crippen molar-refractivity contribution in [2.75, 3.05) is 0 Å². The summed E-state index contributed by atoms with van der Waals surface area (Å²) in [5.74, 6) is 0.278. The Kier molecular flexibility index (Phi) is 13.9. The molecule has 0 aliphatic rings. The summed E-state index contributed by atoms with van der Waals surface area (Å²) in [6.07, 6.45) is 3.48. The van der Waals surface area contributed by atoms with Gasteiger partial charge in [-0.05, 0) is 13.3 Å². The summed E-state index contributed by atoms with van der Waals surface area (Å²) in [5.41, 5.74) is 0. The molecule has 0 rings (SSSR count). The quantitative estimate of drug-likeness (QED) is 0.139. The summed E-state index contributed by atoms with van der Waals surface area (Å²) >= 11 is 0. The lowest BCUT2D eigenvalue weighted by Crippen LogP contribution is -2.90. The highest BCUT2D eigenvalue weighted by atomic mass is 29.9. The molecule has 0 bridgehead atoms. The topological polar surface area (TPSA) is 26.3 Å². The van der Waals surface area contributed by atoms with E-state index >= 15 is 0 Å². The van der Waals surface area contributed by atoms with E-state index in [1.807, 2.05) is 6.08 Å². The summed E-state index contributed by atoms with van der Waals surface area (Å²) < 4.78 is 7.94. The minimum atomic E-state index is -2.09. The van der Waals surface area contributed by atoms with Crippen molar-refractivity contribution in [3.63, 3.8) is 0 Å². The number of rotatable bonds is 18. The molecule has 0 aromatic heterocycles. The number of ketones is 1. The molecular formula is C25H56O2Si4. The Hall–Kier alpha value is 0.238. The van der Waals surface area contributed by atoms with Gasteiger partial charge in [-0.3, -0.25) is 4.79 Å². The van der Waals surface area contributed by atoms with E-state index in [4.69, 9.17) is 4.43 Å². The fraction of sp³-hybridized carbons (Fsp3) is 0.880. The molecule has 0 amide bonds. The van der Waals surface area contributed by atoms with Gasteiger partial charge in [0.05, 0.1) is 28.9 Å². The van der Waals surface area contributed by atoms with E-state index < -0.39 is 29.6 Å². The first-order valence-electron chi connectivity index (χ1n) is 13.4. The number of carbonyl (C=O) groups excluding carboxylic acids is 1. The first-order chi connectivity index (χ1) is 14.6. The van der Waals surface area contributed by atoms with Crippen LogP contribution in [-0.2, 0) is 9.22 Å². The second kappa shape index (κ2) is 13.8. The van der Waals surface area contributed by atoms with Gasteiger partial charge < -0.3 is 4.43 Å². The van der Waals surface area contributed by atoms with Crippen LogP contribution in [0.3, 0.4) is 0 Å². The normalized spacial score (nSPS) is 14.5. The molecule has 2 nitrogen and oxygen atoms in total. The lowest BCUT2D eigenvalue weighted by atomic mass is 10.1. The summed E-state index contributed by atoms with van der Waals surface area (Å²) in [5, 5.41) is 0. The molecule has 0 unspecified atom stereocenters. The van der Waals surface area contributed by atoms with Gasteiger partial charge in [-0.1, -0.05) is 123 Å². The zero-order valence-electron chi connectivity index (χ0n) is 23.0. The largest absolute Gasteiger partial charge is 0.422 e. The van der Waals surface area contributed by atoms with Gasteiger partial charge in [-0.15, -0.1) is 6.58 Å². The second-order valence-corrected chi connectivity index (χ2v) is 45.9. The van der Waals surface area contributed by atoms with Crippen LogP contribution in [-0.4, -0.2) is 41.5 Å². The Bertz CT molecular complexity index is 463. The molecule has 0 aromatic carbocycles. The van der Waals surface area contributed by atoms with Crippen LogP contribution in [0.2, 0.25) is 54.4 Å². The molecule has 31 heavy (non-hydrogen) atoms. The Balaban J connectivity index is 7.62. The van der Waals surface area contributed by atoms with Crippen molar-refractivity contribution in [2.24, 2.45) is 0 Å². The van der Waals surface area contributed by atoms with Crippen molar-refractivity contribution in [2.45, 2.75) is 143 Å². The van der Waals surface area contributed by atoms with Crippen LogP contribution in [0.5, 0.6) is 0 Å². The minimum absolute atomic E-state index is 0.0613. The van der Waals surface area contributed by atoms with Crippen molar-refractivity contribution in [3.05, 3.63) is 12.7 Å². The molecule has 0 spiro atoms.